The Bertz CT molecular complexity index is 1110. The summed E-state index contributed by atoms with van der Waals surface area (Å²) >= 11 is 0. The molecule has 6 heteroatoms. The summed E-state index contributed by atoms with van der Waals surface area (Å²) < 4.78 is 2.29. The van der Waals surface area contributed by atoms with Gasteiger partial charge in [0, 0.05) is 57.9 Å². The average molecular weight is 472 g/mol. The highest BCUT2D eigenvalue weighted by Crippen LogP contribution is 2.27. The van der Waals surface area contributed by atoms with Crippen molar-refractivity contribution in [3.63, 3.8) is 0 Å². The minimum atomic E-state index is -0.0308. The Kier molecular flexibility index (Phi) is 7.60. The van der Waals surface area contributed by atoms with Crippen molar-refractivity contribution in [1.82, 2.24) is 24.7 Å². The van der Waals surface area contributed by atoms with E-state index in [9.17, 15) is 4.79 Å². The van der Waals surface area contributed by atoms with Gasteiger partial charge in [0.2, 0.25) is 0 Å². The van der Waals surface area contributed by atoms with Crippen LogP contribution in [0.4, 0.5) is 0 Å². The van der Waals surface area contributed by atoms with E-state index in [2.05, 4.69) is 81.2 Å². The Morgan fingerprint density at radius 3 is 2.40 bits per heavy atom. The van der Waals surface area contributed by atoms with Crippen LogP contribution in [0.3, 0.4) is 0 Å². The van der Waals surface area contributed by atoms with Gasteiger partial charge in [0.1, 0.15) is 11.5 Å². The molecule has 2 aromatic carbocycles. The normalized spacial score (nSPS) is 17.1. The van der Waals surface area contributed by atoms with Crippen molar-refractivity contribution >= 4 is 5.91 Å². The van der Waals surface area contributed by atoms with Crippen LogP contribution in [0.5, 0.6) is 0 Å². The standard InChI is InChI=1S/C29H37N5O/c1-23-11-13-25(14-12-23)28-31-27(26-10-6-3-7-16-34(26)28)29(35)30-15-17-32-18-20-33(21-19-32)22-24-8-4-2-5-9-24/h2,4-5,8-9,11-14H,3,6-7,10,15-22H2,1H3,(H,30,35). The van der Waals surface area contributed by atoms with Crippen LogP contribution in [0, 0.1) is 6.92 Å². The van der Waals surface area contributed by atoms with Crippen molar-refractivity contribution in [3.8, 4) is 11.4 Å². The van der Waals surface area contributed by atoms with Gasteiger partial charge in [-0.2, -0.15) is 0 Å². The number of hydrogen-bond acceptors (Lipinski definition) is 4. The number of carbonyl (C=O) groups is 1. The van der Waals surface area contributed by atoms with E-state index in [4.69, 9.17) is 4.98 Å². The Morgan fingerprint density at radius 1 is 0.886 bits per heavy atom. The van der Waals surface area contributed by atoms with E-state index < -0.39 is 0 Å². The topological polar surface area (TPSA) is 53.4 Å². The number of carbonyl (C=O) groups excluding carboxylic acids is 1. The van der Waals surface area contributed by atoms with Gasteiger partial charge >= 0.3 is 0 Å². The van der Waals surface area contributed by atoms with E-state index in [1.807, 2.05) is 0 Å². The summed E-state index contributed by atoms with van der Waals surface area (Å²) in [6.07, 6.45) is 4.38. The molecule has 35 heavy (non-hydrogen) atoms. The van der Waals surface area contributed by atoms with Gasteiger partial charge in [-0.05, 0) is 31.7 Å². The molecule has 2 aliphatic heterocycles. The first kappa shape index (κ1) is 23.8. The number of nitrogens with zero attached hydrogens (tertiary/aromatic N) is 4. The SMILES string of the molecule is Cc1ccc(-c2nc(C(=O)NCCN3CCN(Cc4ccccc4)CC3)c3n2CCCCC3)cc1. The van der Waals surface area contributed by atoms with Gasteiger partial charge in [-0.25, -0.2) is 4.98 Å². The van der Waals surface area contributed by atoms with Gasteiger partial charge in [0.15, 0.2) is 0 Å². The first-order chi connectivity index (χ1) is 17.2. The number of piperazine rings is 1. The second-order valence-corrected chi connectivity index (χ2v) is 9.92. The maximum absolute atomic E-state index is 13.2. The van der Waals surface area contributed by atoms with Gasteiger partial charge in [0.25, 0.3) is 5.91 Å². The van der Waals surface area contributed by atoms with Crippen LogP contribution in [0.2, 0.25) is 0 Å². The lowest BCUT2D eigenvalue weighted by molar-refractivity contribution is 0.0928. The molecule has 1 amide bonds. The summed E-state index contributed by atoms with van der Waals surface area (Å²) in [7, 11) is 0. The van der Waals surface area contributed by atoms with E-state index in [0.717, 1.165) is 82.2 Å². The highest BCUT2D eigenvalue weighted by molar-refractivity contribution is 5.94. The molecule has 6 nitrogen and oxygen atoms in total. The molecule has 184 valence electrons. The number of fused-ring (bicyclic) bond motifs is 1. The summed E-state index contributed by atoms with van der Waals surface area (Å²) in [4.78, 5) is 23.1. The van der Waals surface area contributed by atoms with Gasteiger partial charge < -0.3 is 9.88 Å². The monoisotopic (exact) mass is 471 g/mol. The van der Waals surface area contributed by atoms with E-state index >= 15 is 0 Å². The minimum absolute atomic E-state index is 0.0308. The third-order valence-electron chi connectivity index (χ3n) is 7.32. The molecule has 1 fully saturated rings. The van der Waals surface area contributed by atoms with Crippen LogP contribution in [0.25, 0.3) is 11.4 Å². The Labute approximate surface area is 209 Å². The third kappa shape index (κ3) is 5.82. The number of amides is 1. The molecule has 1 aromatic heterocycles. The molecule has 0 bridgehead atoms. The largest absolute Gasteiger partial charge is 0.349 e. The number of imidazole rings is 1. The third-order valence-corrected chi connectivity index (χ3v) is 7.32. The minimum Gasteiger partial charge on any atom is -0.349 e. The summed E-state index contributed by atoms with van der Waals surface area (Å²) in [6, 6.07) is 19.2. The molecule has 0 spiro atoms. The molecular weight excluding hydrogens is 434 g/mol. The highest BCUT2D eigenvalue weighted by Gasteiger charge is 2.24. The van der Waals surface area contributed by atoms with E-state index in [0.29, 0.717) is 12.2 Å². The first-order valence-electron chi connectivity index (χ1n) is 13.1. The summed E-state index contributed by atoms with van der Waals surface area (Å²) in [5.41, 5.74) is 5.42. The lowest BCUT2D eigenvalue weighted by Gasteiger charge is -2.34. The predicted molar refractivity (Wildman–Crippen MR) is 140 cm³/mol. The number of aryl methyl sites for hydroxylation is 1. The zero-order valence-corrected chi connectivity index (χ0v) is 20.9. The van der Waals surface area contributed by atoms with E-state index in [-0.39, 0.29) is 5.91 Å². The molecule has 5 rings (SSSR count). The smallest absolute Gasteiger partial charge is 0.271 e. The fourth-order valence-electron chi connectivity index (χ4n) is 5.25. The van der Waals surface area contributed by atoms with Gasteiger partial charge in [-0.15, -0.1) is 0 Å². The zero-order chi connectivity index (χ0) is 24.0. The maximum Gasteiger partial charge on any atom is 0.271 e. The molecule has 1 N–H and O–H groups in total. The lowest BCUT2D eigenvalue weighted by Crippen LogP contribution is -2.48. The Balaban J connectivity index is 1.17. The first-order valence-corrected chi connectivity index (χ1v) is 13.1. The molecular formula is C29H37N5O. The second kappa shape index (κ2) is 11.2. The van der Waals surface area contributed by atoms with E-state index in [1.165, 1.54) is 17.5 Å². The van der Waals surface area contributed by atoms with Gasteiger partial charge in [-0.1, -0.05) is 66.6 Å². The fourth-order valence-corrected chi connectivity index (χ4v) is 5.25. The van der Waals surface area contributed by atoms with Crippen LogP contribution in [0.15, 0.2) is 54.6 Å². The fraction of sp³-hybridized carbons (Fsp3) is 0.448. The van der Waals surface area contributed by atoms with Gasteiger partial charge in [-0.3, -0.25) is 14.6 Å². The number of nitrogens with one attached hydrogen (secondary N) is 1. The van der Waals surface area contributed by atoms with Crippen LogP contribution in [-0.2, 0) is 19.5 Å². The molecule has 0 radical (unpaired) electrons. The van der Waals surface area contributed by atoms with Crippen LogP contribution < -0.4 is 5.32 Å². The molecule has 3 heterocycles. The quantitative estimate of drug-likeness (QED) is 0.563. The van der Waals surface area contributed by atoms with Crippen LogP contribution in [0.1, 0.15) is 46.6 Å². The molecule has 2 aliphatic rings. The highest BCUT2D eigenvalue weighted by atomic mass is 16.1. The van der Waals surface area contributed by atoms with Crippen LogP contribution in [-0.4, -0.2) is 64.5 Å². The Morgan fingerprint density at radius 2 is 1.63 bits per heavy atom. The summed E-state index contributed by atoms with van der Waals surface area (Å²) in [6.45, 7) is 9.80. The second-order valence-electron chi connectivity index (χ2n) is 9.92. The molecule has 0 atom stereocenters. The van der Waals surface area contributed by atoms with Gasteiger partial charge in [0.05, 0.1) is 5.69 Å². The Hall–Kier alpha value is -2.96. The van der Waals surface area contributed by atoms with Crippen molar-refractivity contribution in [2.45, 2.75) is 45.7 Å². The maximum atomic E-state index is 13.2. The molecule has 1 saturated heterocycles. The number of hydrogen-bond donors (Lipinski definition) is 1. The molecule has 0 aliphatic carbocycles. The predicted octanol–water partition coefficient (Wildman–Crippen LogP) is 4.13. The summed E-state index contributed by atoms with van der Waals surface area (Å²) in [5.74, 6) is 0.901. The average Bonchev–Trinajstić information content (AvgIpc) is 3.07. The molecule has 0 saturated carbocycles. The van der Waals surface area contributed by atoms with E-state index in [1.54, 1.807) is 0 Å². The zero-order valence-electron chi connectivity index (χ0n) is 20.9. The van der Waals surface area contributed by atoms with Crippen molar-refractivity contribution in [3.05, 3.63) is 77.1 Å². The number of rotatable bonds is 7. The molecule has 0 unspecified atom stereocenters. The molecule has 3 aromatic rings. The van der Waals surface area contributed by atoms with Crippen LogP contribution >= 0.6 is 0 Å². The van der Waals surface area contributed by atoms with Crippen molar-refractivity contribution in [2.75, 3.05) is 39.3 Å². The number of benzene rings is 2. The van der Waals surface area contributed by atoms with Crippen molar-refractivity contribution in [1.29, 1.82) is 0 Å². The summed E-state index contributed by atoms with van der Waals surface area (Å²) in [5, 5.41) is 3.17. The van der Waals surface area contributed by atoms with Crippen molar-refractivity contribution in [2.24, 2.45) is 0 Å². The lowest BCUT2D eigenvalue weighted by atomic mass is 10.1. The number of aromatic nitrogens is 2. The van der Waals surface area contributed by atoms with Crippen molar-refractivity contribution < 1.29 is 4.79 Å².